The van der Waals surface area contributed by atoms with Crippen molar-refractivity contribution in [3.8, 4) is 0 Å². The van der Waals surface area contributed by atoms with Gasteiger partial charge in [0.15, 0.2) is 0 Å². The van der Waals surface area contributed by atoms with Gasteiger partial charge in [-0.1, -0.05) is 6.07 Å². The number of amides is 1. The molecule has 0 radical (unpaired) electrons. The van der Waals surface area contributed by atoms with Crippen LogP contribution < -0.4 is 11.5 Å². The first kappa shape index (κ1) is 17.9. The number of benzene rings is 1. The average Bonchev–Trinajstić information content (AvgIpc) is 2.38. The molecule has 1 aromatic carbocycles. The van der Waals surface area contributed by atoms with E-state index in [1.54, 1.807) is 13.0 Å². The molecule has 0 aromatic heterocycles. The Kier molecular flexibility index (Phi) is 5.75. The zero-order valence-corrected chi connectivity index (χ0v) is 13.4. The number of nitrogens with zero attached hydrogens (tertiary/aromatic N) is 1. The van der Waals surface area contributed by atoms with Gasteiger partial charge in [-0.2, -0.15) is 4.31 Å². The smallest absolute Gasteiger partial charge is 0.249 e. The van der Waals surface area contributed by atoms with Crippen LogP contribution in [0.4, 0.5) is 0 Å². The molecule has 1 fully saturated rings. The van der Waals surface area contributed by atoms with Gasteiger partial charge in [0, 0.05) is 24.7 Å². The van der Waals surface area contributed by atoms with Crippen LogP contribution in [0.3, 0.4) is 0 Å². The topological polar surface area (TPSA) is 106 Å². The van der Waals surface area contributed by atoms with E-state index in [4.69, 9.17) is 11.5 Å². The van der Waals surface area contributed by atoms with E-state index in [0.717, 1.165) is 12.8 Å². The quantitative estimate of drug-likeness (QED) is 0.845. The lowest BCUT2D eigenvalue weighted by Gasteiger charge is -2.30. The molecular formula is C13H20ClN3O3S. The highest BCUT2D eigenvalue weighted by Gasteiger charge is 2.29. The first-order chi connectivity index (χ1) is 9.32. The molecule has 1 aliphatic heterocycles. The number of sulfonamides is 1. The molecule has 2 rings (SSSR count). The predicted octanol–water partition coefficient (Wildman–Crippen LogP) is 0.628. The molecule has 118 valence electrons. The van der Waals surface area contributed by atoms with Gasteiger partial charge in [0.25, 0.3) is 0 Å². The van der Waals surface area contributed by atoms with Gasteiger partial charge in [-0.15, -0.1) is 12.4 Å². The maximum Gasteiger partial charge on any atom is 0.249 e. The number of piperidine rings is 1. The third-order valence-corrected chi connectivity index (χ3v) is 5.39. The number of primary amides is 1. The van der Waals surface area contributed by atoms with Gasteiger partial charge in [0.05, 0.1) is 4.90 Å². The van der Waals surface area contributed by atoms with Crippen LogP contribution in [0.5, 0.6) is 0 Å². The fourth-order valence-electron chi connectivity index (χ4n) is 2.37. The number of halogens is 1. The van der Waals surface area contributed by atoms with Crippen LogP contribution in [0, 0.1) is 6.92 Å². The molecule has 0 spiro atoms. The lowest BCUT2D eigenvalue weighted by molar-refractivity contribution is 0.0999. The van der Waals surface area contributed by atoms with E-state index >= 15 is 0 Å². The van der Waals surface area contributed by atoms with Crippen molar-refractivity contribution in [2.45, 2.75) is 30.7 Å². The molecule has 0 unspecified atom stereocenters. The summed E-state index contributed by atoms with van der Waals surface area (Å²) in [4.78, 5) is 11.4. The summed E-state index contributed by atoms with van der Waals surface area (Å²) in [6.45, 7) is 2.48. The lowest BCUT2D eigenvalue weighted by atomic mass is 10.1. The highest BCUT2D eigenvalue weighted by atomic mass is 35.5. The number of hydrogen-bond donors (Lipinski definition) is 2. The summed E-state index contributed by atoms with van der Waals surface area (Å²) < 4.78 is 26.4. The Hall–Kier alpha value is -1.15. The molecule has 0 aliphatic carbocycles. The fraction of sp³-hybridized carbons (Fsp3) is 0.462. The van der Waals surface area contributed by atoms with Crippen molar-refractivity contribution in [2.75, 3.05) is 13.1 Å². The second-order valence-corrected chi connectivity index (χ2v) is 7.04. The van der Waals surface area contributed by atoms with Crippen LogP contribution in [-0.2, 0) is 10.0 Å². The normalized spacial score (nSPS) is 19.8. The van der Waals surface area contributed by atoms with E-state index in [0.29, 0.717) is 18.7 Å². The first-order valence-corrected chi connectivity index (χ1v) is 7.92. The van der Waals surface area contributed by atoms with Gasteiger partial charge in [-0.3, -0.25) is 4.79 Å². The summed E-state index contributed by atoms with van der Waals surface area (Å²) in [5.41, 5.74) is 12.0. The Morgan fingerprint density at radius 2 is 2.05 bits per heavy atom. The minimum atomic E-state index is -3.62. The van der Waals surface area contributed by atoms with Crippen LogP contribution in [0.25, 0.3) is 0 Å². The molecule has 1 heterocycles. The number of aryl methyl sites for hydroxylation is 1. The molecule has 6 nitrogen and oxygen atoms in total. The van der Waals surface area contributed by atoms with Crippen molar-refractivity contribution in [3.05, 3.63) is 29.3 Å². The van der Waals surface area contributed by atoms with E-state index in [2.05, 4.69) is 0 Å². The van der Waals surface area contributed by atoms with Gasteiger partial charge in [-0.05, 0) is 37.5 Å². The van der Waals surface area contributed by atoms with Crippen molar-refractivity contribution < 1.29 is 13.2 Å². The number of carbonyl (C=O) groups is 1. The third kappa shape index (κ3) is 3.74. The van der Waals surface area contributed by atoms with Gasteiger partial charge in [0.1, 0.15) is 0 Å². The summed E-state index contributed by atoms with van der Waals surface area (Å²) in [6, 6.07) is 4.29. The molecule has 4 N–H and O–H groups in total. The lowest BCUT2D eigenvalue weighted by Crippen LogP contribution is -2.45. The summed E-state index contributed by atoms with van der Waals surface area (Å²) in [6.07, 6.45) is 1.57. The van der Waals surface area contributed by atoms with Crippen LogP contribution in [0.15, 0.2) is 23.1 Å². The summed E-state index contributed by atoms with van der Waals surface area (Å²) >= 11 is 0. The second kappa shape index (κ2) is 6.74. The van der Waals surface area contributed by atoms with Gasteiger partial charge in [0.2, 0.25) is 15.9 Å². The SMILES string of the molecule is Cc1ccc(S(=O)(=O)N2CCC[C@@H](N)C2)cc1C(N)=O.Cl. The van der Waals surface area contributed by atoms with Crippen LogP contribution in [-0.4, -0.2) is 37.8 Å². The Balaban J connectivity index is 0.00000220. The molecular weight excluding hydrogens is 314 g/mol. The second-order valence-electron chi connectivity index (χ2n) is 5.11. The fourth-order valence-corrected chi connectivity index (χ4v) is 3.93. The standard InChI is InChI=1S/C13H19N3O3S.ClH/c1-9-4-5-11(7-12(9)13(15)17)20(18,19)16-6-2-3-10(14)8-16;/h4-5,7,10H,2-3,6,8,14H2,1H3,(H2,15,17);1H/t10-;/m1./s1. The highest BCUT2D eigenvalue weighted by molar-refractivity contribution is 7.89. The maximum absolute atomic E-state index is 12.5. The van der Waals surface area contributed by atoms with Gasteiger partial charge >= 0.3 is 0 Å². The monoisotopic (exact) mass is 333 g/mol. The molecule has 8 heteroatoms. The largest absolute Gasteiger partial charge is 0.366 e. The van der Waals surface area contributed by atoms with Crippen molar-refractivity contribution in [2.24, 2.45) is 11.5 Å². The molecule has 0 saturated carbocycles. The summed E-state index contributed by atoms with van der Waals surface area (Å²) in [5.74, 6) is -0.630. The third-order valence-electron chi connectivity index (χ3n) is 3.53. The van der Waals surface area contributed by atoms with Crippen molar-refractivity contribution in [1.29, 1.82) is 0 Å². The minimum Gasteiger partial charge on any atom is -0.366 e. The number of rotatable bonds is 3. The summed E-state index contributed by atoms with van der Waals surface area (Å²) in [7, 11) is -3.62. The molecule has 1 saturated heterocycles. The van der Waals surface area contributed by atoms with Gasteiger partial charge in [-0.25, -0.2) is 8.42 Å². The molecule has 1 aliphatic rings. The Morgan fingerprint density at radius 1 is 1.38 bits per heavy atom. The molecule has 1 amide bonds. The Bertz CT molecular complexity index is 634. The number of hydrogen-bond acceptors (Lipinski definition) is 4. The van der Waals surface area contributed by atoms with Crippen molar-refractivity contribution >= 4 is 28.3 Å². The highest BCUT2D eigenvalue weighted by Crippen LogP contribution is 2.22. The summed E-state index contributed by atoms with van der Waals surface area (Å²) in [5, 5.41) is 0. The zero-order valence-electron chi connectivity index (χ0n) is 11.8. The molecule has 1 atom stereocenters. The Morgan fingerprint density at radius 3 is 2.62 bits per heavy atom. The van der Waals surface area contributed by atoms with Crippen molar-refractivity contribution in [1.82, 2.24) is 4.31 Å². The van der Waals surface area contributed by atoms with Crippen molar-refractivity contribution in [3.63, 3.8) is 0 Å². The van der Waals surface area contributed by atoms with E-state index in [9.17, 15) is 13.2 Å². The first-order valence-electron chi connectivity index (χ1n) is 6.48. The van der Waals surface area contributed by atoms with E-state index in [-0.39, 0.29) is 28.9 Å². The number of nitrogens with two attached hydrogens (primary N) is 2. The Labute approximate surface area is 130 Å². The van der Waals surface area contributed by atoms with E-state index < -0.39 is 15.9 Å². The zero-order chi connectivity index (χ0) is 14.9. The molecule has 0 bridgehead atoms. The molecule has 21 heavy (non-hydrogen) atoms. The average molecular weight is 334 g/mol. The number of carbonyl (C=O) groups excluding carboxylic acids is 1. The van der Waals surface area contributed by atoms with Crippen LogP contribution in [0.1, 0.15) is 28.8 Å². The predicted molar refractivity (Wildman–Crippen MR) is 82.9 cm³/mol. The van der Waals surface area contributed by atoms with Gasteiger partial charge < -0.3 is 11.5 Å². The van der Waals surface area contributed by atoms with E-state index in [1.165, 1.54) is 16.4 Å². The van der Waals surface area contributed by atoms with E-state index in [1.807, 2.05) is 0 Å². The molecule has 1 aromatic rings. The van der Waals surface area contributed by atoms with Crippen LogP contribution in [0.2, 0.25) is 0 Å². The minimum absolute atomic E-state index is 0. The van der Waals surface area contributed by atoms with Crippen LogP contribution >= 0.6 is 12.4 Å². The maximum atomic E-state index is 12.5.